The van der Waals surface area contributed by atoms with Crippen LogP contribution in [0.15, 0.2) is 42.2 Å². The number of ketones is 1. The molecule has 2 aromatic rings. The van der Waals surface area contributed by atoms with Crippen LogP contribution < -0.4 is 14.2 Å². The van der Waals surface area contributed by atoms with Crippen LogP contribution in [0.4, 0.5) is 0 Å². The molecule has 0 aliphatic carbocycles. The van der Waals surface area contributed by atoms with Gasteiger partial charge in [0, 0.05) is 17.7 Å². The molecule has 1 saturated heterocycles. The van der Waals surface area contributed by atoms with Gasteiger partial charge in [0.25, 0.3) is 0 Å². The van der Waals surface area contributed by atoms with E-state index in [4.69, 9.17) is 18.9 Å². The number of carbonyl (C=O) groups excluding carboxylic acids is 1. The summed E-state index contributed by atoms with van der Waals surface area (Å²) in [5, 5.41) is 61.2. The van der Waals surface area contributed by atoms with E-state index in [-0.39, 0.29) is 46.0 Å². The van der Waals surface area contributed by atoms with Crippen LogP contribution in [-0.2, 0) is 9.53 Å². The minimum atomic E-state index is -1.68. The molecule has 7 N–H and O–H groups in total. The van der Waals surface area contributed by atoms with E-state index in [9.17, 15) is 35.4 Å². The van der Waals surface area contributed by atoms with Crippen LogP contribution in [0.3, 0.4) is 0 Å². The number of phenolic OH excluding ortho intramolecular Hbond substituents is 2. The molecule has 12 nitrogen and oxygen atoms in total. The lowest BCUT2D eigenvalue weighted by Gasteiger charge is -2.39. The number of Topliss-reactive ketones (excluding diaryl/α,β-unsaturated/α-hetero) is 1. The van der Waals surface area contributed by atoms with E-state index < -0.39 is 43.4 Å². The number of methoxy groups -OCH3 is 1. The number of carbonyl (C=O) groups is 1. The predicted molar refractivity (Wildman–Crippen MR) is 129 cm³/mol. The third-order valence-electron chi connectivity index (χ3n) is 6.54. The first kappa shape index (κ1) is 25.8. The fraction of sp³-hybridized carbons (Fsp3) is 0.346. The Morgan fingerprint density at radius 1 is 1.05 bits per heavy atom. The Labute approximate surface area is 216 Å². The standard InChI is InChI=1S/C26H26O12/c1-10(28)15-8-13-20-17(35-15)6-12(29)7-18(20)36-24(11-3-4-14(30)16(5-11)34-2)25(13)38-26-23(33)22(32)21(31)19(9-27)37-26/h3-8,15,19,21-23,26-27,29-33H,9H2,1-2H3/p+1. The van der Waals surface area contributed by atoms with Crippen LogP contribution in [0, 0.1) is 0 Å². The van der Waals surface area contributed by atoms with Crippen molar-refractivity contribution in [3.05, 3.63) is 53.3 Å². The number of benzene rings is 2. The molecule has 0 saturated carbocycles. The Balaban J connectivity index is 1.70. The van der Waals surface area contributed by atoms with Crippen LogP contribution in [0.25, 0.3) is 11.3 Å². The molecule has 5 rings (SSSR count). The number of phenols is 2. The van der Waals surface area contributed by atoms with Gasteiger partial charge in [-0.3, -0.25) is 9.53 Å². The molecule has 3 aliphatic heterocycles. The quantitative estimate of drug-likeness (QED) is 0.274. The van der Waals surface area contributed by atoms with E-state index in [0.29, 0.717) is 16.7 Å². The van der Waals surface area contributed by atoms with Gasteiger partial charge in [0.05, 0.1) is 24.9 Å². The van der Waals surface area contributed by atoms with E-state index >= 15 is 0 Å². The fourth-order valence-corrected chi connectivity index (χ4v) is 4.56. The van der Waals surface area contributed by atoms with E-state index in [1.807, 2.05) is 0 Å². The lowest BCUT2D eigenvalue weighted by atomic mass is 9.92. The first-order valence-electron chi connectivity index (χ1n) is 11.7. The van der Waals surface area contributed by atoms with Crippen molar-refractivity contribution >= 4 is 17.1 Å². The number of hydrogen-bond donors (Lipinski definition) is 6. The molecule has 0 spiro atoms. The number of aromatic hydroxyl groups is 2. The topological polar surface area (TPSA) is 188 Å². The minimum Gasteiger partial charge on any atom is -0.555 e. The summed E-state index contributed by atoms with van der Waals surface area (Å²) in [5.41, 5.74) is 1.09. The maximum absolute atomic E-state index is 12.3. The molecule has 38 heavy (non-hydrogen) atoms. The largest absolute Gasteiger partial charge is 0.555 e. The van der Waals surface area contributed by atoms with E-state index in [1.54, 1.807) is 0 Å². The van der Waals surface area contributed by atoms with E-state index in [0.717, 1.165) is 0 Å². The molecule has 6 atom stereocenters. The smallest absolute Gasteiger partial charge is 0.326 e. The normalized spacial score (nSPS) is 28.0. The van der Waals surface area contributed by atoms with Gasteiger partial charge in [-0.2, -0.15) is 0 Å². The summed E-state index contributed by atoms with van der Waals surface area (Å²) in [6.07, 6.45) is -7.14. The first-order valence-corrected chi connectivity index (χ1v) is 11.7. The van der Waals surface area contributed by atoms with Crippen molar-refractivity contribution < 1.29 is 59.1 Å². The summed E-state index contributed by atoms with van der Waals surface area (Å²) < 4.78 is 27.3. The van der Waals surface area contributed by atoms with Gasteiger partial charge in [-0.05, 0) is 31.2 Å². The van der Waals surface area contributed by atoms with Gasteiger partial charge in [0.1, 0.15) is 35.6 Å². The molecule has 202 valence electrons. The lowest BCUT2D eigenvalue weighted by molar-refractivity contribution is -0.330. The summed E-state index contributed by atoms with van der Waals surface area (Å²) in [6, 6.07) is 7.05. The first-order chi connectivity index (χ1) is 18.1. The molecule has 0 amide bonds. The highest BCUT2D eigenvalue weighted by Crippen LogP contribution is 2.51. The fourth-order valence-electron chi connectivity index (χ4n) is 4.56. The second kappa shape index (κ2) is 9.82. The monoisotopic (exact) mass is 531 g/mol. The van der Waals surface area contributed by atoms with Crippen molar-refractivity contribution in [2.24, 2.45) is 0 Å². The zero-order chi connectivity index (χ0) is 27.3. The highest BCUT2D eigenvalue weighted by atomic mass is 16.7. The molecule has 0 aromatic heterocycles. The van der Waals surface area contributed by atoms with Crippen LogP contribution >= 0.6 is 0 Å². The van der Waals surface area contributed by atoms with Gasteiger partial charge in [-0.15, -0.1) is 0 Å². The average Bonchev–Trinajstić information content (AvgIpc) is 2.89. The van der Waals surface area contributed by atoms with Gasteiger partial charge in [-0.1, -0.05) is 0 Å². The molecule has 6 unspecified atom stereocenters. The maximum Gasteiger partial charge on any atom is 0.326 e. The maximum atomic E-state index is 12.3. The molecule has 0 radical (unpaired) electrons. The number of ether oxygens (including phenoxy) is 5. The SMILES string of the molecule is COc1cc(C2=C([OH+]C3OC(CO)C(O)C(O)C3O)C3=CC(C(C)=O)Oc4cc(O)cc(c43)O2)ccc1O. The molecule has 1 fully saturated rings. The van der Waals surface area contributed by atoms with Crippen LogP contribution in [0.5, 0.6) is 28.7 Å². The second-order valence-electron chi connectivity index (χ2n) is 9.06. The van der Waals surface area contributed by atoms with Crippen molar-refractivity contribution in [2.75, 3.05) is 13.7 Å². The second-order valence-corrected chi connectivity index (χ2v) is 9.06. The number of aliphatic hydroxyl groups excluding tert-OH is 4. The zero-order valence-corrected chi connectivity index (χ0v) is 20.3. The molecule has 12 heteroatoms. The average molecular weight is 531 g/mol. The molecule has 0 bridgehead atoms. The van der Waals surface area contributed by atoms with Crippen LogP contribution in [0.2, 0.25) is 0 Å². The van der Waals surface area contributed by atoms with Gasteiger partial charge in [0.15, 0.2) is 29.5 Å². The molecular weight excluding hydrogens is 504 g/mol. The minimum absolute atomic E-state index is 0.0797. The lowest BCUT2D eigenvalue weighted by Crippen LogP contribution is -2.60. The molecule has 3 aliphatic rings. The van der Waals surface area contributed by atoms with Crippen molar-refractivity contribution in [1.29, 1.82) is 0 Å². The van der Waals surface area contributed by atoms with Crippen molar-refractivity contribution in [3.8, 4) is 28.7 Å². The van der Waals surface area contributed by atoms with Crippen molar-refractivity contribution in [3.63, 3.8) is 0 Å². The van der Waals surface area contributed by atoms with Gasteiger partial charge in [-0.25, -0.2) is 0 Å². The Morgan fingerprint density at radius 2 is 1.79 bits per heavy atom. The predicted octanol–water partition coefficient (Wildman–Crippen LogP) is -0.0711. The summed E-state index contributed by atoms with van der Waals surface area (Å²) in [6.45, 7) is 0.684. The number of aliphatic hydroxyl groups is 6. The van der Waals surface area contributed by atoms with E-state index in [2.05, 4.69) is 4.74 Å². The zero-order valence-electron chi connectivity index (χ0n) is 20.3. The van der Waals surface area contributed by atoms with Gasteiger partial charge < -0.3 is 49.6 Å². The number of rotatable bonds is 6. The number of hydrogen-bond acceptors (Lipinski definition) is 11. The van der Waals surface area contributed by atoms with Crippen LogP contribution in [0.1, 0.15) is 18.1 Å². The highest BCUT2D eigenvalue weighted by Gasteiger charge is 2.49. The Morgan fingerprint density at radius 3 is 2.47 bits per heavy atom. The van der Waals surface area contributed by atoms with Gasteiger partial charge >= 0.3 is 12.0 Å². The summed E-state index contributed by atoms with van der Waals surface area (Å²) in [4.78, 5) is 12.3. The number of allylic oxidation sites excluding steroid dienone is 1. The third kappa shape index (κ3) is 4.31. The van der Waals surface area contributed by atoms with E-state index in [1.165, 1.54) is 50.4 Å². The Kier molecular flexibility index (Phi) is 6.67. The van der Waals surface area contributed by atoms with Crippen LogP contribution in [-0.4, -0.2) is 91.7 Å². The highest BCUT2D eigenvalue weighted by molar-refractivity contribution is 5.98. The summed E-state index contributed by atoms with van der Waals surface area (Å²) in [7, 11) is 1.37. The third-order valence-corrected chi connectivity index (χ3v) is 6.54. The summed E-state index contributed by atoms with van der Waals surface area (Å²) >= 11 is 0. The van der Waals surface area contributed by atoms with Crippen molar-refractivity contribution in [2.45, 2.75) is 43.7 Å². The van der Waals surface area contributed by atoms with Gasteiger partial charge in [0.2, 0.25) is 5.76 Å². The Bertz CT molecular complexity index is 1330. The summed E-state index contributed by atoms with van der Waals surface area (Å²) in [5.74, 6) is -0.0302. The molecular formula is C26H27O12+. The molecule has 3 heterocycles. The Hall–Kier alpha value is -3.81. The molecule has 2 aromatic carbocycles. The van der Waals surface area contributed by atoms with Crippen molar-refractivity contribution in [1.82, 2.24) is 0 Å².